The molecule has 1 unspecified atom stereocenters. The van der Waals surface area contributed by atoms with Crippen LogP contribution in [0.5, 0.6) is 0 Å². The largest absolute Gasteiger partial charge is 0.350 e. The van der Waals surface area contributed by atoms with Crippen LogP contribution in [0.2, 0.25) is 0 Å². The Labute approximate surface area is 153 Å². The van der Waals surface area contributed by atoms with Crippen LogP contribution in [0.1, 0.15) is 31.4 Å². The number of rotatable bonds is 8. The number of carbonyl (C=O) groups is 1. The Hall–Kier alpha value is -2.32. The zero-order valence-corrected chi connectivity index (χ0v) is 15.5. The fraction of sp³-hybridized carbons (Fsp3) is 0.333. The zero-order chi connectivity index (χ0) is 19.2. The Kier molecular flexibility index (Phi) is 6.82. The van der Waals surface area contributed by atoms with Gasteiger partial charge in [-0.3, -0.25) is 9.78 Å². The van der Waals surface area contributed by atoms with Crippen molar-refractivity contribution in [3.63, 3.8) is 0 Å². The Morgan fingerprint density at radius 1 is 1.19 bits per heavy atom. The average molecular weight is 379 g/mol. The number of nitrogens with zero attached hydrogens (tertiary/aromatic N) is 2. The minimum absolute atomic E-state index is 0.0251. The summed E-state index contributed by atoms with van der Waals surface area (Å²) in [6.45, 7) is 2.06. The van der Waals surface area contributed by atoms with Crippen molar-refractivity contribution in [1.82, 2.24) is 14.6 Å². The number of hydrogen-bond donors (Lipinski definition) is 1. The van der Waals surface area contributed by atoms with Gasteiger partial charge < -0.3 is 5.32 Å². The van der Waals surface area contributed by atoms with E-state index in [9.17, 15) is 17.6 Å². The highest BCUT2D eigenvalue weighted by Crippen LogP contribution is 2.15. The fourth-order valence-corrected chi connectivity index (χ4v) is 3.63. The van der Waals surface area contributed by atoms with Crippen molar-refractivity contribution < 1.29 is 17.6 Å². The van der Waals surface area contributed by atoms with Crippen molar-refractivity contribution >= 4 is 15.9 Å². The first-order valence-corrected chi connectivity index (χ1v) is 9.66. The average Bonchev–Trinajstić information content (AvgIpc) is 2.62. The SMILES string of the molecule is CC(NC(=O)CCCN(C)S(=O)(=O)c1ccc(F)cc1)c1ccncc1. The van der Waals surface area contributed by atoms with E-state index < -0.39 is 15.8 Å². The standard InChI is InChI=1S/C18H22FN3O3S/c1-14(15-9-11-20-12-10-15)21-18(23)4-3-13-22(2)26(24,25)17-7-5-16(19)6-8-17/h5-12,14H,3-4,13H2,1-2H3,(H,21,23). The van der Waals surface area contributed by atoms with E-state index in [1.54, 1.807) is 12.4 Å². The molecule has 0 saturated heterocycles. The molecule has 0 radical (unpaired) electrons. The number of pyridine rings is 1. The number of halogens is 1. The monoisotopic (exact) mass is 379 g/mol. The van der Waals surface area contributed by atoms with Crippen LogP contribution in [0.3, 0.4) is 0 Å². The van der Waals surface area contributed by atoms with E-state index in [4.69, 9.17) is 0 Å². The van der Waals surface area contributed by atoms with Gasteiger partial charge >= 0.3 is 0 Å². The number of benzene rings is 1. The normalized spacial score (nSPS) is 12.8. The molecule has 1 N–H and O–H groups in total. The van der Waals surface area contributed by atoms with Gasteiger partial charge in [-0.15, -0.1) is 0 Å². The Bertz CT molecular complexity index is 827. The third-order valence-electron chi connectivity index (χ3n) is 3.98. The van der Waals surface area contributed by atoms with Crippen LogP contribution in [0.25, 0.3) is 0 Å². The Balaban J connectivity index is 1.83. The van der Waals surface area contributed by atoms with Gasteiger partial charge in [0.25, 0.3) is 0 Å². The zero-order valence-electron chi connectivity index (χ0n) is 14.7. The molecule has 0 bridgehead atoms. The summed E-state index contributed by atoms with van der Waals surface area (Å²) in [6, 6.07) is 8.17. The summed E-state index contributed by atoms with van der Waals surface area (Å²) in [4.78, 5) is 16.0. The number of sulfonamides is 1. The molecular weight excluding hydrogens is 357 g/mol. The molecule has 0 aliphatic rings. The smallest absolute Gasteiger partial charge is 0.242 e. The highest BCUT2D eigenvalue weighted by atomic mass is 32.2. The van der Waals surface area contributed by atoms with Crippen molar-refractivity contribution in [2.24, 2.45) is 0 Å². The van der Waals surface area contributed by atoms with Crippen molar-refractivity contribution in [3.8, 4) is 0 Å². The maximum Gasteiger partial charge on any atom is 0.242 e. The second kappa shape index (κ2) is 8.86. The van der Waals surface area contributed by atoms with E-state index >= 15 is 0 Å². The lowest BCUT2D eigenvalue weighted by atomic mass is 10.1. The van der Waals surface area contributed by atoms with E-state index in [0.717, 1.165) is 17.7 Å². The van der Waals surface area contributed by atoms with Gasteiger partial charge in [-0.25, -0.2) is 17.1 Å². The first-order chi connectivity index (χ1) is 12.3. The fourth-order valence-electron chi connectivity index (χ4n) is 2.42. The van der Waals surface area contributed by atoms with Gasteiger partial charge in [0, 0.05) is 32.4 Å². The van der Waals surface area contributed by atoms with E-state index in [0.29, 0.717) is 6.42 Å². The van der Waals surface area contributed by atoms with Crippen LogP contribution in [-0.4, -0.2) is 37.2 Å². The van der Waals surface area contributed by atoms with E-state index in [-0.39, 0.29) is 29.8 Å². The maximum atomic E-state index is 12.9. The molecule has 0 aliphatic carbocycles. The molecule has 1 heterocycles. The molecule has 2 aromatic rings. The van der Waals surface area contributed by atoms with Crippen molar-refractivity contribution in [2.45, 2.75) is 30.7 Å². The molecule has 140 valence electrons. The van der Waals surface area contributed by atoms with Crippen LogP contribution >= 0.6 is 0 Å². The predicted molar refractivity (Wildman–Crippen MR) is 96.2 cm³/mol. The van der Waals surface area contributed by atoms with Gasteiger partial charge in [-0.2, -0.15) is 0 Å². The number of hydrogen-bond acceptors (Lipinski definition) is 4. The second-order valence-corrected chi connectivity index (χ2v) is 8.00. The van der Waals surface area contributed by atoms with Gasteiger partial charge in [0.15, 0.2) is 0 Å². The lowest BCUT2D eigenvalue weighted by molar-refractivity contribution is -0.121. The molecule has 8 heteroatoms. The summed E-state index contributed by atoms with van der Waals surface area (Å²) in [5.74, 6) is -0.645. The number of nitrogens with one attached hydrogen (secondary N) is 1. The topological polar surface area (TPSA) is 79.4 Å². The van der Waals surface area contributed by atoms with Crippen LogP contribution in [-0.2, 0) is 14.8 Å². The summed E-state index contributed by atoms with van der Waals surface area (Å²) < 4.78 is 38.9. The highest BCUT2D eigenvalue weighted by molar-refractivity contribution is 7.89. The Morgan fingerprint density at radius 3 is 2.42 bits per heavy atom. The maximum absolute atomic E-state index is 12.9. The minimum atomic E-state index is -3.69. The minimum Gasteiger partial charge on any atom is -0.350 e. The molecule has 0 fully saturated rings. The van der Waals surface area contributed by atoms with Gasteiger partial charge in [0.2, 0.25) is 15.9 Å². The van der Waals surface area contributed by atoms with Crippen molar-refractivity contribution in [2.75, 3.05) is 13.6 Å². The molecule has 1 amide bonds. The lowest BCUT2D eigenvalue weighted by Gasteiger charge is -2.18. The van der Waals surface area contributed by atoms with Crippen LogP contribution < -0.4 is 5.32 Å². The number of aromatic nitrogens is 1. The molecular formula is C18H22FN3O3S. The van der Waals surface area contributed by atoms with Gasteiger partial charge in [0.1, 0.15) is 5.82 Å². The quantitative estimate of drug-likeness (QED) is 0.764. The van der Waals surface area contributed by atoms with Crippen LogP contribution in [0.15, 0.2) is 53.7 Å². The van der Waals surface area contributed by atoms with Crippen LogP contribution in [0, 0.1) is 5.82 Å². The molecule has 6 nitrogen and oxygen atoms in total. The molecule has 1 aromatic heterocycles. The first kappa shape index (κ1) is 20.0. The molecule has 1 atom stereocenters. The van der Waals surface area contributed by atoms with E-state index in [2.05, 4.69) is 10.3 Å². The highest BCUT2D eigenvalue weighted by Gasteiger charge is 2.20. The summed E-state index contributed by atoms with van der Waals surface area (Å²) in [7, 11) is -2.25. The van der Waals surface area contributed by atoms with Gasteiger partial charge in [-0.1, -0.05) is 0 Å². The third-order valence-corrected chi connectivity index (χ3v) is 5.85. The van der Waals surface area contributed by atoms with Crippen molar-refractivity contribution in [3.05, 3.63) is 60.2 Å². The summed E-state index contributed by atoms with van der Waals surface area (Å²) in [5.41, 5.74) is 0.948. The van der Waals surface area contributed by atoms with Gasteiger partial charge in [-0.05, 0) is 55.3 Å². The molecule has 0 saturated carbocycles. The summed E-state index contributed by atoms with van der Waals surface area (Å²) in [6.07, 6.45) is 3.91. The first-order valence-electron chi connectivity index (χ1n) is 8.22. The number of carbonyl (C=O) groups excluding carboxylic acids is 1. The molecule has 1 aromatic carbocycles. The van der Waals surface area contributed by atoms with Crippen molar-refractivity contribution in [1.29, 1.82) is 0 Å². The van der Waals surface area contributed by atoms with Crippen LogP contribution in [0.4, 0.5) is 4.39 Å². The molecule has 0 aliphatic heterocycles. The third kappa shape index (κ3) is 5.34. The molecule has 0 spiro atoms. The lowest BCUT2D eigenvalue weighted by Crippen LogP contribution is -2.30. The Morgan fingerprint density at radius 2 is 1.81 bits per heavy atom. The predicted octanol–water partition coefficient (Wildman–Crippen LogP) is 2.50. The second-order valence-electron chi connectivity index (χ2n) is 5.95. The van der Waals surface area contributed by atoms with E-state index in [1.807, 2.05) is 19.1 Å². The molecule has 26 heavy (non-hydrogen) atoms. The summed E-state index contributed by atoms with van der Waals surface area (Å²) in [5, 5.41) is 2.87. The summed E-state index contributed by atoms with van der Waals surface area (Å²) >= 11 is 0. The molecule has 2 rings (SSSR count). The van der Waals surface area contributed by atoms with E-state index in [1.165, 1.54) is 23.5 Å². The van der Waals surface area contributed by atoms with Gasteiger partial charge in [0.05, 0.1) is 10.9 Å². The number of amides is 1.